The molecule has 0 radical (unpaired) electrons. The highest BCUT2D eigenvalue weighted by Gasteiger charge is 2.24. The van der Waals surface area contributed by atoms with Gasteiger partial charge in [0.25, 0.3) is 0 Å². The third kappa shape index (κ3) is 2.67. The number of methoxy groups -OCH3 is 1. The van der Waals surface area contributed by atoms with Gasteiger partial charge in [-0.15, -0.1) is 0 Å². The number of phenols is 1. The van der Waals surface area contributed by atoms with Crippen LogP contribution in [0.25, 0.3) is 0 Å². The molecular weight excluding hydrogens is 256 g/mol. The maximum Gasteiger partial charge on any atom is 0.329 e. The monoisotopic (exact) mass is 268 g/mol. The van der Waals surface area contributed by atoms with Gasteiger partial charge in [-0.2, -0.15) is 0 Å². The van der Waals surface area contributed by atoms with E-state index in [1.54, 1.807) is 12.1 Å². The SMILES string of the molecule is COc1ccc(NC2=NC(C(=O)O)CS2)c(O)c1. The summed E-state index contributed by atoms with van der Waals surface area (Å²) in [5, 5.41) is 21.9. The number of nitrogens with zero attached hydrogens (tertiary/aromatic N) is 1. The van der Waals surface area contributed by atoms with Gasteiger partial charge >= 0.3 is 5.97 Å². The van der Waals surface area contributed by atoms with Crippen LogP contribution >= 0.6 is 11.8 Å². The number of hydrogen-bond donors (Lipinski definition) is 3. The van der Waals surface area contributed by atoms with Crippen LogP contribution in [-0.2, 0) is 4.79 Å². The summed E-state index contributed by atoms with van der Waals surface area (Å²) >= 11 is 1.31. The van der Waals surface area contributed by atoms with E-state index in [9.17, 15) is 9.90 Å². The lowest BCUT2D eigenvalue weighted by Crippen LogP contribution is -2.17. The smallest absolute Gasteiger partial charge is 0.329 e. The second kappa shape index (κ2) is 5.18. The van der Waals surface area contributed by atoms with Gasteiger partial charge in [0, 0.05) is 11.8 Å². The molecule has 0 saturated carbocycles. The highest BCUT2D eigenvalue weighted by molar-refractivity contribution is 8.14. The first-order valence-electron chi connectivity index (χ1n) is 5.17. The van der Waals surface area contributed by atoms with Crippen LogP contribution in [0.2, 0.25) is 0 Å². The molecule has 1 aromatic carbocycles. The number of carboxylic acid groups (broad SMARTS) is 1. The van der Waals surface area contributed by atoms with Gasteiger partial charge in [-0.25, -0.2) is 9.79 Å². The van der Waals surface area contributed by atoms with Crippen molar-refractivity contribution >= 4 is 28.6 Å². The summed E-state index contributed by atoms with van der Waals surface area (Å²) in [4.78, 5) is 14.7. The Labute approximate surface area is 108 Å². The molecule has 6 nitrogen and oxygen atoms in total. The van der Waals surface area contributed by atoms with Crippen LogP contribution in [0.1, 0.15) is 0 Å². The van der Waals surface area contributed by atoms with Crippen molar-refractivity contribution in [1.29, 1.82) is 0 Å². The Morgan fingerprint density at radius 2 is 2.39 bits per heavy atom. The number of carboxylic acids is 1. The lowest BCUT2D eigenvalue weighted by atomic mass is 10.3. The van der Waals surface area contributed by atoms with Gasteiger partial charge in [0.05, 0.1) is 12.8 Å². The number of aliphatic imine (C=N–C) groups is 1. The zero-order valence-corrected chi connectivity index (χ0v) is 10.4. The van der Waals surface area contributed by atoms with Crippen molar-refractivity contribution < 1.29 is 19.7 Å². The number of carbonyl (C=O) groups is 1. The number of ether oxygens (including phenoxy) is 1. The molecular formula is C11H12N2O4S. The Morgan fingerprint density at radius 3 is 2.94 bits per heavy atom. The first kappa shape index (κ1) is 12.6. The van der Waals surface area contributed by atoms with Crippen LogP contribution in [0, 0.1) is 0 Å². The van der Waals surface area contributed by atoms with E-state index in [0.29, 0.717) is 22.4 Å². The summed E-state index contributed by atoms with van der Waals surface area (Å²) in [6, 6.07) is 4.08. The summed E-state index contributed by atoms with van der Waals surface area (Å²) < 4.78 is 4.97. The van der Waals surface area contributed by atoms with Crippen LogP contribution in [0.15, 0.2) is 23.2 Å². The number of aliphatic carboxylic acids is 1. The van der Waals surface area contributed by atoms with E-state index in [4.69, 9.17) is 9.84 Å². The molecule has 0 amide bonds. The van der Waals surface area contributed by atoms with E-state index in [0.717, 1.165) is 0 Å². The zero-order chi connectivity index (χ0) is 13.1. The number of amidine groups is 1. The van der Waals surface area contributed by atoms with Crippen LogP contribution < -0.4 is 10.1 Å². The van der Waals surface area contributed by atoms with E-state index >= 15 is 0 Å². The summed E-state index contributed by atoms with van der Waals surface area (Å²) in [6.45, 7) is 0. The van der Waals surface area contributed by atoms with Gasteiger partial charge in [0.1, 0.15) is 11.5 Å². The minimum atomic E-state index is -0.946. The fourth-order valence-electron chi connectivity index (χ4n) is 1.43. The van der Waals surface area contributed by atoms with Crippen LogP contribution in [-0.4, -0.2) is 40.3 Å². The molecule has 18 heavy (non-hydrogen) atoms. The predicted octanol–water partition coefficient (Wildman–Crippen LogP) is 1.37. The Hall–Kier alpha value is -1.89. The molecule has 7 heteroatoms. The molecule has 96 valence electrons. The van der Waals surface area contributed by atoms with Crippen molar-refractivity contribution in [2.45, 2.75) is 6.04 Å². The van der Waals surface area contributed by atoms with Gasteiger partial charge < -0.3 is 20.3 Å². The van der Waals surface area contributed by atoms with E-state index in [-0.39, 0.29) is 5.75 Å². The molecule has 0 fully saturated rings. The Balaban J connectivity index is 2.11. The van der Waals surface area contributed by atoms with Crippen molar-refractivity contribution in [1.82, 2.24) is 0 Å². The predicted molar refractivity (Wildman–Crippen MR) is 69.6 cm³/mol. The van der Waals surface area contributed by atoms with E-state index < -0.39 is 12.0 Å². The quantitative estimate of drug-likeness (QED) is 0.717. The number of phenolic OH excluding ortho intramolecular Hbond substituents is 1. The lowest BCUT2D eigenvalue weighted by Gasteiger charge is -2.08. The average Bonchev–Trinajstić information content (AvgIpc) is 2.80. The van der Waals surface area contributed by atoms with Crippen molar-refractivity contribution in [3.63, 3.8) is 0 Å². The molecule has 1 unspecified atom stereocenters. The fraction of sp³-hybridized carbons (Fsp3) is 0.273. The summed E-state index contributed by atoms with van der Waals surface area (Å²) in [6.07, 6.45) is 0. The molecule has 1 atom stereocenters. The fourth-order valence-corrected chi connectivity index (χ4v) is 2.34. The van der Waals surface area contributed by atoms with Crippen LogP contribution in [0.4, 0.5) is 5.69 Å². The van der Waals surface area contributed by atoms with Crippen molar-refractivity contribution in [3.05, 3.63) is 18.2 Å². The van der Waals surface area contributed by atoms with E-state index in [1.165, 1.54) is 24.9 Å². The van der Waals surface area contributed by atoms with Gasteiger partial charge in [0.15, 0.2) is 11.2 Å². The number of hydrogen-bond acceptors (Lipinski definition) is 6. The first-order chi connectivity index (χ1) is 8.60. The highest BCUT2D eigenvalue weighted by Crippen LogP contribution is 2.30. The number of nitrogens with one attached hydrogen (secondary N) is 1. The van der Waals surface area contributed by atoms with Gasteiger partial charge in [-0.1, -0.05) is 11.8 Å². The van der Waals surface area contributed by atoms with Crippen LogP contribution in [0.3, 0.4) is 0 Å². The second-order valence-electron chi connectivity index (χ2n) is 3.61. The molecule has 3 N–H and O–H groups in total. The molecule has 2 rings (SSSR count). The van der Waals surface area contributed by atoms with Crippen molar-refractivity contribution in [2.24, 2.45) is 4.99 Å². The van der Waals surface area contributed by atoms with Gasteiger partial charge in [0.2, 0.25) is 0 Å². The maximum absolute atomic E-state index is 10.7. The third-order valence-electron chi connectivity index (χ3n) is 2.38. The minimum Gasteiger partial charge on any atom is -0.506 e. The Kier molecular flexibility index (Phi) is 3.61. The standard InChI is InChI=1S/C11H12N2O4S/c1-17-6-2-3-7(9(14)4-6)12-11-13-8(5-18-11)10(15)16/h2-4,8,14H,5H2,1H3,(H,12,13)(H,15,16). The normalized spacial score (nSPS) is 18.3. The molecule has 0 aliphatic carbocycles. The second-order valence-corrected chi connectivity index (χ2v) is 4.62. The molecule has 1 aliphatic rings. The third-order valence-corrected chi connectivity index (χ3v) is 3.35. The Bertz CT molecular complexity index is 504. The zero-order valence-electron chi connectivity index (χ0n) is 9.58. The van der Waals surface area contributed by atoms with Crippen LogP contribution in [0.5, 0.6) is 11.5 Å². The van der Waals surface area contributed by atoms with E-state index in [1.807, 2.05) is 0 Å². The largest absolute Gasteiger partial charge is 0.506 e. The van der Waals surface area contributed by atoms with Crippen molar-refractivity contribution in [2.75, 3.05) is 18.2 Å². The maximum atomic E-state index is 10.7. The number of anilines is 1. The molecule has 1 aliphatic heterocycles. The highest BCUT2D eigenvalue weighted by atomic mass is 32.2. The molecule has 0 saturated heterocycles. The number of rotatable bonds is 3. The van der Waals surface area contributed by atoms with Gasteiger partial charge in [-0.3, -0.25) is 0 Å². The minimum absolute atomic E-state index is 0.0245. The summed E-state index contributed by atoms with van der Waals surface area (Å²) in [7, 11) is 1.51. The molecule has 0 spiro atoms. The molecule has 0 bridgehead atoms. The number of benzene rings is 1. The van der Waals surface area contributed by atoms with E-state index in [2.05, 4.69) is 10.3 Å². The topological polar surface area (TPSA) is 91.2 Å². The lowest BCUT2D eigenvalue weighted by molar-refractivity contribution is -0.137. The number of thioether (sulfide) groups is 1. The first-order valence-corrected chi connectivity index (χ1v) is 6.16. The van der Waals surface area contributed by atoms with Crippen molar-refractivity contribution in [3.8, 4) is 11.5 Å². The molecule has 1 heterocycles. The average molecular weight is 268 g/mol. The molecule has 1 aromatic rings. The number of aromatic hydroxyl groups is 1. The molecule has 0 aromatic heterocycles. The summed E-state index contributed by atoms with van der Waals surface area (Å²) in [5.41, 5.74) is 0.466. The Morgan fingerprint density at radius 1 is 1.61 bits per heavy atom. The summed E-state index contributed by atoms with van der Waals surface area (Å²) in [5.74, 6) is 0.0198. The van der Waals surface area contributed by atoms with Gasteiger partial charge in [-0.05, 0) is 12.1 Å².